The Morgan fingerprint density at radius 3 is 2.78 bits per heavy atom. The van der Waals surface area contributed by atoms with Gasteiger partial charge in [-0.25, -0.2) is 0 Å². The second kappa shape index (κ2) is 7.26. The van der Waals surface area contributed by atoms with Crippen molar-refractivity contribution in [3.05, 3.63) is 63.1 Å². The fourth-order valence-electron chi connectivity index (χ4n) is 2.18. The van der Waals surface area contributed by atoms with Crippen LogP contribution in [0.4, 0.5) is 5.69 Å². The molecule has 0 saturated heterocycles. The second-order valence-electron chi connectivity index (χ2n) is 5.03. The van der Waals surface area contributed by atoms with Crippen LogP contribution in [-0.4, -0.2) is 22.0 Å². The number of amides is 1. The van der Waals surface area contributed by atoms with Crippen LogP contribution < -0.4 is 5.32 Å². The number of aliphatic hydroxyl groups is 1. The molecule has 0 aliphatic rings. The monoisotopic (exact) mass is 338 g/mol. The average molecular weight is 339 g/mol. The van der Waals surface area contributed by atoms with Gasteiger partial charge in [0.15, 0.2) is 0 Å². The summed E-state index contributed by atoms with van der Waals surface area (Å²) in [4.78, 5) is 22.6. The molecule has 1 heterocycles. The van der Waals surface area contributed by atoms with Crippen molar-refractivity contribution >= 4 is 23.2 Å². The summed E-state index contributed by atoms with van der Waals surface area (Å²) in [6.07, 6.45) is 0.744. The molecule has 2 N–H and O–H groups in total. The first-order valence-corrected chi connectivity index (χ1v) is 7.23. The van der Waals surface area contributed by atoms with Crippen LogP contribution in [0.1, 0.15) is 35.6 Å². The summed E-state index contributed by atoms with van der Waals surface area (Å²) in [7, 11) is 0. The van der Waals surface area contributed by atoms with Gasteiger partial charge in [-0.2, -0.15) is 0 Å². The van der Waals surface area contributed by atoms with Gasteiger partial charge in [-0.1, -0.05) is 17.7 Å². The molecule has 2 atom stereocenters. The summed E-state index contributed by atoms with van der Waals surface area (Å²) in [5, 5.41) is 23.6. The molecule has 2 rings (SSSR count). The Hall–Kier alpha value is -2.38. The van der Waals surface area contributed by atoms with Crippen LogP contribution in [-0.2, 0) is 0 Å². The van der Waals surface area contributed by atoms with Crippen LogP contribution in [0.3, 0.4) is 0 Å². The van der Waals surface area contributed by atoms with E-state index in [1.54, 1.807) is 19.1 Å². The van der Waals surface area contributed by atoms with Crippen molar-refractivity contribution in [2.45, 2.75) is 25.5 Å². The van der Waals surface area contributed by atoms with E-state index in [9.17, 15) is 20.0 Å². The molecule has 0 radical (unpaired) electrons. The van der Waals surface area contributed by atoms with E-state index in [-0.39, 0.29) is 22.7 Å². The Morgan fingerprint density at radius 2 is 2.17 bits per heavy atom. The van der Waals surface area contributed by atoms with Crippen LogP contribution in [0.25, 0.3) is 0 Å². The number of carbonyl (C=O) groups excluding carboxylic acids is 1. The van der Waals surface area contributed by atoms with Crippen molar-refractivity contribution in [2.24, 2.45) is 0 Å². The first kappa shape index (κ1) is 17.0. The van der Waals surface area contributed by atoms with Gasteiger partial charge in [0, 0.05) is 18.5 Å². The van der Waals surface area contributed by atoms with Gasteiger partial charge in [0.25, 0.3) is 11.6 Å². The van der Waals surface area contributed by atoms with E-state index in [4.69, 9.17) is 16.0 Å². The lowest BCUT2D eigenvalue weighted by Crippen LogP contribution is -2.34. The highest BCUT2D eigenvalue weighted by Gasteiger charge is 2.25. The first-order valence-electron chi connectivity index (χ1n) is 6.85. The smallest absolute Gasteiger partial charge is 0.283 e. The Labute approximate surface area is 137 Å². The standard InChI is InChI=1S/C15H15ClN2O5/c1-9(8-12(19)13-6-3-7-23-13)17-15(20)14-10(16)4-2-5-11(14)18(21)22/h2-7,9,12,19H,8H2,1H3,(H,17,20). The molecule has 1 aromatic heterocycles. The predicted octanol–water partition coefficient (Wildman–Crippen LogP) is 3.08. The topological polar surface area (TPSA) is 106 Å². The summed E-state index contributed by atoms with van der Waals surface area (Å²) >= 11 is 5.91. The maximum atomic E-state index is 12.3. The van der Waals surface area contributed by atoms with Crippen molar-refractivity contribution in [3.8, 4) is 0 Å². The summed E-state index contributed by atoms with van der Waals surface area (Å²) in [5.74, 6) is -0.281. The van der Waals surface area contributed by atoms with Crippen LogP contribution in [0.2, 0.25) is 5.02 Å². The van der Waals surface area contributed by atoms with Gasteiger partial charge in [0.1, 0.15) is 17.4 Å². The third kappa shape index (κ3) is 4.08. The quantitative estimate of drug-likeness (QED) is 0.622. The molecule has 8 heteroatoms. The number of rotatable bonds is 6. The molecule has 2 aromatic rings. The van der Waals surface area contributed by atoms with Crippen molar-refractivity contribution in [2.75, 3.05) is 0 Å². The third-order valence-corrected chi connectivity index (χ3v) is 3.56. The molecule has 23 heavy (non-hydrogen) atoms. The number of hydrogen-bond acceptors (Lipinski definition) is 5. The molecule has 2 unspecified atom stereocenters. The number of nitro benzene ring substituents is 1. The Balaban J connectivity index is 2.09. The van der Waals surface area contributed by atoms with Crippen LogP contribution in [0.15, 0.2) is 41.0 Å². The van der Waals surface area contributed by atoms with Crippen molar-refractivity contribution in [3.63, 3.8) is 0 Å². The summed E-state index contributed by atoms with van der Waals surface area (Å²) in [6.45, 7) is 1.67. The van der Waals surface area contributed by atoms with Gasteiger partial charge in [-0.3, -0.25) is 14.9 Å². The lowest BCUT2D eigenvalue weighted by molar-refractivity contribution is -0.385. The van der Waals surface area contributed by atoms with Gasteiger partial charge in [-0.05, 0) is 25.1 Å². The van der Waals surface area contributed by atoms with E-state index in [1.807, 2.05) is 0 Å². The van der Waals surface area contributed by atoms with E-state index < -0.39 is 23.0 Å². The Kier molecular flexibility index (Phi) is 5.36. The molecule has 0 aliphatic carbocycles. The number of furan rings is 1. The molecular formula is C15H15ClN2O5. The molecular weight excluding hydrogens is 324 g/mol. The van der Waals surface area contributed by atoms with Gasteiger partial charge in [-0.15, -0.1) is 0 Å². The first-order chi connectivity index (χ1) is 10.9. The summed E-state index contributed by atoms with van der Waals surface area (Å²) < 4.78 is 5.08. The predicted molar refractivity (Wildman–Crippen MR) is 83.3 cm³/mol. The van der Waals surface area contributed by atoms with E-state index in [0.29, 0.717) is 5.76 Å². The Morgan fingerprint density at radius 1 is 1.43 bits per heavy atom. The lowest BCUT2D eigenvalue weighted by Gasteiger charge is -2.17. The van der Waals surface area contributed by atoms with Gasteiger partial charge in [0.05, 0.1) is 16.2 Å². The van der Waals surface area contributed by atoms with E-state index in [2.05, 4.69) is 5.32 Å². The van der Waals surface area contributed by atoms with Crippen LogP contribution in [0, 0.1) is 10.1 Å². The van der Waals surface area contributed by atoms with Crippen molar-refractivity contribution in [1.29, 1.82) is 0 Å². The van der Waals surface area contributed by atoms with E-state index in [0.717, 1.165) is 0 Å². The molecule has 122 valence electrons. The van der Waals surface area contributed by atoms with Crippen molar-refractivity contribution in [1.82, 2.24) is 5.32 Å². The van der Waals surface area contributed by atoms with Crippen LogP contribution >= 0.6 is 11.6 Å². The molecule has 0 aliphatic heterocycles. The maximum Gasteiger partial charge on any atom is 0.283 e. The molecule has 1 aromatic carbocycles. The lowest BCUT2D eigenvalue weighted by atomic mass is 10.1. The molecule has 0 saturated carbocycles. The number of nitrogens with one attached hydrogen (secondary N) is 1. The number of carbonyl (C=O) groups is 1. The maximum absolute atomic E-state index is 12.3. The molecule has 0 spiro atoms. The van der Waals surface area contributed by atoms with Crippen LogP contribution in [0.5, 0.6) is 0 Å². The van der Waals surface area contributed by atoms with Gasteiger partial charge < -0.3 is 14.8 Å². The summed E-state index contributed by atoms with van der Waals surface area (Å²) in [5.41, 5.74) is -0.563. The highest BCUT2D eigenvalue weighted by atomic mass is 35.5. The average Bonchev–Trinajstić information content (AvgIpc) is 3.00. The number of benzene rings is 1. The zero-order chi connectivity index (χ0) is 17.0. The fourth-order valence-corrected chi connectivity index (χ4v) is 2.43. The molecule has 0 fully saturated rings. The largest absolute Gasteiger partial charge is 0.467 e. The van der Waals surface area contributed by atoms with Gasteiger partial charge >= 0.3 is 0 Å². The third-order valence-electron chi connectivity index (χ3n) is 3.24. The second-order valence-corrected chi connectivity index (χ2v) is 5.44. The van der Waals surface area contributed by atoms with E-state index >= 15 is 0 Å². The highest BCUT2D eigenvalue weighted by Crippen LogP contribution is 2.26. The highest BCUT2D eigenvalue weighted by molar-refractivity contribution is 6.34. The van der Waals surface area contributed by atoms with Gasteiger partial charge in [0.2, 0.25) is 0 Å². The molecule has 1 amide bonds. The number of nitrogens with zero attached hydrogens (tertiary/aromatic N) is 1. The number of nitro groups is 1. The zero-order valence-electron chi connectivity index (χ0n) is 12.2. The minimum absolute atomic E-state index is 0.00418. The Bertz CT molecular complexity index is 702. The normalized spacial score (nSPS) is 13.3. The molecule has 7 nitrogen and oxygen atoms in total. The SMILES string of the molecule is CC(CC(O)c1ccco1)NC(=O)c1c(Cl)cccc1[N+](=O)[O-]. The molecule has 0 bridgehead atoms. The fraction of sp³-hybridized carbons (Fsp3) is 0.267. The van der Waals surface area contributed by atoms with E-state index in [1.165, 1.54) is 24.5 Å². The number of halogens is 1. The minimum Gasteiger partial charge on any atom is -0.467 e. The van der Waals surface area contributed by atoms with Crippen molar-refractivity contribution < 1.29 is 19.2 Å². The number of aliphatic hydroxyl groups excluding tert-OH is 1. The zero-order valence-corrected chi connectivity index (χ0v) is 13.0. The summed E-state index contributed by atoms with van der Waals surface area (Å²) in [6, 6.07) is 6.85. The number of hydrogen-bond donors (Lipinski definition) is 2. The minimum atomic E-state index is -0.887.